The van der Waals surface area contributed by atoms with E-state index >= 15 is 0 Å². The lowest BCUT2D eigenvalue weighted by atomic mass is 10.3. The smallest absolute Gasteiger partial charge is 0.323 e. The van der Waals surface area contributed by atoms with Crippen LogP contribution in [0.5, 0.6) is 0 Å². The zero-order valence-corrected chi connectivity index (χ0v) is 10.3. The molecule has 15 heavy (non-hydrogen) atoms. The number of carbonyl (C=O) groups is 1. The predicted octanol–water partition coefficient (Wildman–Crippen LogP) is -0.337. The Balaban J connectivity index is 0. The van der Waals surface area contributed by atoms with Gasteiger partial charge in [0.05, 0.1) is 20.3 Å². The van der Waals surface area contributed by atoms with Gasteiger partial charge in [0.25, 0.3) is 0 Å². The lowest BCUT2D eigenvalue weighted by Crippen LogP contribution is -2.47. The fourth-order valence-corrected chi connectivity index (χ4v) is 1.29. The highest BCUT2D eigenvalue weighted by Crippen LogP contribution is 1.98. The fourth-order valence-electron chi connectivity index (χ4n) is 1.29. The molecule has 1 rings (SSSR count). The van der Waals surface area contributed by atoms with Crippen LogP contribution in [0.1, 0.15) is 0 Å². The second-order valence-corrected chi connectivity index (χ2v) is 3.04. The molecule has 0 aromatic heterocycles. The summed E-state index contributed by atoms with van der Waals surface area (Å²) < 4.78 is 9.70. The minimum atomic E-state index is -0.539. The molecular formula is C8H18Cl2N2O3. The van der Waals surface area contributed by atoms with E-state index < -0.39 is 6.04 Å². The standard InChI is InChI=1S/C8H16N2O3.2ClH/c1-12-8(11)7(9)6-10-2-4-13-5-3-10;;/h7H,2-6,9H2,1H3;2*1H. The number of esters is 1. The number of nitrogens with zero attached hydrogens (tertiary/aromatic N) is 1. The zero-order chi connectivity index (χ0) is 9.68. The predicted molar refractivity (Wildman–Crippen MR) is 61.7 cm³/mol. The minimum Gasteiger partial charge on any atom is -0.468 e. The molecule has 7 heteroatoms. The van der Waals surface area contributed by atoms with Crippen molar-refractivity contribution in [3.05, 3.63) is 0 Å². The molecular weight excluding hydrogens is 243 g/mol. The Morgan fingerprint density at radius 1 is 1.47 bits per heavy atom. The Labute approximate surface area is 102 Å². The molecule has 0 radical (unpaired) electrons. The first kappa shape index (κ1) is 17.3. The maximum absolute atomic E-state index is 11.0. The van der Waals surface area contributed by atoms with Gasteiger partial charge in [-0.1, -0.05) is 0 Å². The van der Waals surface area contributed by atoms with E-state index in [1.165, 1.54) is 7.11 Å². The molecule has 0 aromatic rings. The molecule has 0 saturated carbocycles. The maximum atomic E-state index is 11.0. The molecule has 5 nitrogen and oxygen atoms in total. The zero-order valence-electron chi connectivity index (χ0n) is 8.68. The molecule has 0 aromatic carbocycles. The highest BCUT2D eigenvalue weighted by Gasteiger charge is 2.19. The van der Waals surface area contributed by atoms with Crippen molar-refractivity contribution in [2.45, 2.75) is 6.04 Å². The lowest BCUT2D eigenvalue weighted by Gasteiger charge is -2.27. The van der Waals surface area contributed by atoms with Gasteiger partial charge < -0.3 is 15.2 Å². The third kappa shape index (κ3) is 6.17. The number of hydrogen-bond donors (Lipinski definition) is 1. The van der Waals surface area contributed by atoms with Gasteiger partial charge in [-0.2, -0.15) is 0 Å². The molecule has 92 valence electrons. The largest absolute Gasteiger partial charge is 0.468 e. The van der Waals surface area contributed by atoms with E-state index in [9.17, 15) is 4.79 Å². The highest BCUT2D eigenvalue weighted by molar-refractivity contribution is 5.85. The molecule has 1 saturated heterocycles. The van der Waals surface area contributed by atoms with Crippen molar-refractivity contribution in [3.63, 3.8) is 0 Å². The van der Waals surface area contributed by atoms with E-state index in [2.05, 4.69) is 9.64 Å². The van der Waals surface area contributed by atoms with Crippen molar-refractivity contribution in [2.75, 3.05) is 40.0 Å². The first-order valence-corrected chi connectivity index (χ1v) is 4.37. The van der Waals surface area contributed by atoms with Crippen LogP contribution in [0.3, 0.4) is 0 Å². The average Bonchev–Trinajstić information content (AvgIpc) is 2.18. The Morgan fingerprint density at radius 3 is 2.47 bits per heavy atom. The van der Waals surface area contributed by atoms with E-state index in [1.807, 2.05) is 0 Å². The Kier molecular flexibility index (Phi) is 10.6. The second kappa shape index (κ2) is 9.18. The van der Waals surface area contributed by atoms with E-state index in [-0.39, 0.29) is 30.8 Å². The number of methoxy groups -OCH3 is 1. The van der Waals surface area contributed by atoms with Crippen LogP contribution in [-0.2, 0) is 14.3 Å². The number of ether oxygens (including phenoxy) is 2. The van der Waals surface area contributed by atoms with E-state index in [0.29, 0.717) is 19.8 Å². The van der Waals surface area contributed by atoms with Gasteiger partial charge in [-0.3, -0.25) is 9.69 Å². The molecule has 1 fully saturated rings. The monoisotopic (exact) mass is 260 g/mol. The Morgan fingerprint density at radius 2 is 2.00 bits per heavy atom. The number of nitrogens with two attached hydrogens (primary N) is 1. The van der Waals surface area contributed by atoms with Crippen LogP contribution in [0.4, 0.5) is 0 Å². The van der Waals surface area contributed by atoms with Gasteiger partial charge in [0, 0.05) is 19.6 Å². The van der Waals surface area contributed by atoms with Crippen molar-refractivity contribution in [2.24, 2.45) is 5.73 Å². The Bertz CT molecular complexity index is 177. The SMILES string of the molecule is COC(=O)C(N)CN1CCOCC1.Cl.Cl. The molecule has 0 aliphatic carbocycles. The summed E-state index contributed by atoms with van der Waals surface area (Å²) in [4.78, 5) is 13.1. The summed E-state index contributed by atoms with van der Waals surface area (Å²) in [6.07, 6.45) is 0. The van der Waals surface area contributed by atoms with Crippen molar-refractivity contribution in [1.82, 2.24) is 4.90 Å². The van der Waals surface area contributed by atoms with Gasteiger partial charge >= 0.3 is 5.97 Å². The van der Waals surface area contributed by atoms with Crippen LogP contribution < -0.4 is 5.73 Å². The van der Waals surface area contributed by atoms with Crippen molar-refractivity contribution >= 4 is 30.8 Å². The van der Waals surface area contributed by atoms with Crippen LogP contribution in [0.25, 0.3) is 0 Å². The van der Waals surface area contributed by atoms with E-state index in [0.717, 1.165) is 13.1 Å². The van der Waals surface area contributed by atoms with E-state index in [4.69, 9.17) is 10.5 Å². The average molecular weight is 261 g/mol. The first-order valence-electron chi connectivity index (χ1n) is 4.37. The summed E-state index contributed by atoms with van der Waals surface area (Å²) in [5, 5.41) is 0. The van der Waals surface area contributed by atoms with Crippen molar-refractivity contribution in [1.29, 1.82) is 0 Å². The van der Waals surface area contributed by atoms with Gasteiger partial charge in [0.15, 0.2) is 0 Å². The molecule has 1 heterocycles. The molecule has 0 amide bonds. The van der Waals surface area contributed by atoms with Crippen LogP contribution >= 0.6 is 24.8 Å². The lowest BCUT2D eigenvalue weighted by molar-refractivity contribution is -0.142. The van der Waals surface area contributed by atoms with Crippen molar-refractivity contribution in [3.8, 4) is 0 Å². The number of carbonyl (C=O) groups excluding carboxylic acids is 1. The van der Waals surface area contributed by atoms with Gasteiger partial charge in [0.1, 0.15) is 6.04 Å². The van der Waals surface area contributed by atoms with Gasteiger partial charge in [-0.05, 0) is 0 Å². The Hall–Kier alpha value is -0.0700. The molecule has 1 unspecified atom stereocenters. The van der Waals surface area contributed by atoms with Crippen molar-refractivity contribution < 1.29 is 14.3 Å². The highest BCUT2D eigenvalue weighted by atomic mass is 35.5. The second-order valence-electron chi connectivity index (χ2n) is 3.04. The van der Waals surface area contributed by atoms with E-state index in [1.54, 1.807) is 0 Å². The molecule has 2 N–H and O–H groups in total. The van der Waals surface area contributed by atoms with Crippen LogP contribution in [-0.4, -0.2) is 56.9 Å². The normalized spacial score (nSPS) is 18.3. The number of rotatable bonds is 3. The number of hydrogen-bond acceptors (Lipinski definition) is 5. The quantitative estimate of drug-likeness (QED) is 0.704. The molecule has 0 spiro atoms. The first-order chi connectivity index (χ1) is 6.24. The fraction of sp³-hybridized carbons (Fsp3) is 0.875. The summed E-state index contributed by atoms with van der Waals surface area (Å²) >= 11 is 0. The third-order valence-electron chi connectivity index (χ3n) is 2.06. The number of morpholine rings is 1. The summed E-state index contributed by atoms with van der Waals surface area (Å²) in [5.41, 5.74) is 5.60. The summed E-state index contributed by atoms with van der Waals surface area (Å²) in [6.45, 7) is 3.66. The maximum Gasteiger partial charge on any atom is 0.323 e. The van der Waals surface area contributed by atoms with Crippen LogP contribution in [0.2, 0.25) is 0 Å². The molecule has 1 aliphatic rings. The molecule has 1 atom stereocenters. The van der Waals surface area contributed by atoms with Crippen LogP contribution in [0.15, 0.2) is 0 Å². The minimum absolute atomic E-state index is 0. The third-order valence-corrected chi connectivity index (χ3v) is 2.06. The van der Waals surface area contributed by atoms with Crippen LogP contribution in [0, 0.1) is 0 Å². The topological polar surface area (TPSA) is 64.8 Å². The van der Waals surface area contributed by atoms with Gasteiger partial charge in [-0.25, -0.2) is 0 Å². The van der Waals surface area contributed by atoms with Gasteiger partial charge in [-0.15, -0.1) is 24.8 Å². The molecule has 0 bridgehead atoms. The molecule has 1 aliphatic heterocycles. The summed E-state index contributed by atoms with van der Waals surface area (Å²) in [7, 11) is 1.35. The van der Waals surface area contributed by atoms with Gasteiger partial charge in [0.2, 0.25) is 0 Å². The summed E-state index contributed by atoms with van der Waals surface area (Å²) in [5.74, 6) is -0.355. The summed E-state index contributed by atoms with van der Waals surface area (Å²) in [6, 6.07) is -0.539. The number of halogens is 2.